The molecule has 3 rings (SSSR count). The fraction of sp³-hybridized carbons (Fsp3) is 0.462. The van der Waals surface area contributed by atoms with Crippen LogP contribution in [-0.2, 0) is 11.2 Å². The van der Waals surface area contributed by atoms with Gasteiger partial charge in [-0.15, -0.1) is 11.3 Å². The first kappa shape index (κ1) is 13.1. The van der Waals surface area contributed by atoms with Gasteiger partial charge in [-0.25, -0.2) is 4.98 Å². The Morgan fingerprint density at radius 1 is 1.55 bits per heavy atom. The second kappa shape index (κ2) is 5.24. The maximum atomic E-state index is 11.2. The summed E-state index contributed by atoms with van der Waals surface area (Å²) in [5.41, 5.74) is 5.78. The third-order valence-electron chi connectivity index (χ3n) is 3.42. The van der Waals surface area contributed by atoms with Crippen LogP contribution in [-0.4, -0.2) is 28.5 Å². The van der Waals surface area contributed by atoms with Gasteiger partial charge >= 0.3 is 0 Å². The van der Waals surface area contributed by atoms with Gasteiger partial charge in [-0.1, -0.05) is 6.92 Å². The molecule has 3 heterocycles. The summed E-state index contributed by atoms with van der Waals surface area (Å²) < 4.78 is 0. The van der Waals surface area contributed by atoms with Gasteiger partial charge in [-0.05, 0) is 18.9 Å². The van der Waals surface area contributed by atoms with Crippen molar-refractivity contribution in [2.24, 2.45) is 0 Å². The van der Waals surface area contributed by atoms with Crippen molar-refractivity contribution in [3.63, 3.8) is 0 Å². The lowest BCUT2D eigenvalue weighted by Crippen LogP contribution is -2.42. The number of hydrogen-bond acceptors (Lipinski definition) is 6. The Morgan fingerprint density at radius 3 is 3.10 bits per heavy atom. The molecule has 0 radical (unpaired) electrons. The van der Waals surface area contributed by atoms with Gasteiger partial charge in [0.25, 0.3) is 0 Å². The molecule has 2 aromatic heterocycles. The minimum Gasteiger partial charge on any atom is -0.368 e. The molecule has 0 spiro atoms. The number of hydrogen-bond donors (Lipinski definition) is 3. The number of aryl methyl sites for hydroxylation is 1. The number of carbonyl (C=O) groups is 1. The summed E-state index contributed by atoms with van der Waals surface area (Å²) >= 11 is 1.65. The number of anilines is 2. The van der Waals surface area contributed by atoms with E-state index in [-0.39, 0.29) is 17.9 Å². The second-order valence-corrected chi connectivity index (χ2v) is 6.01. The van der Waals surface area contributed by atoms with Crippen LogP contribution < -0.4 is 16.4 Å². The molecule has 6 nitrogen and oxygen atoms in total. The van der Waals surface area contributed by atoms with Crippen molar-refractivity contribution in [1.29, 1.82) is 0 Å². The summed E-state index contributed by atoms with van der Waals surface area (Å²) in [6, 6.07) is 2.30. The number of nitrogens with two attached hydrogens (primary N) is 1. The Labute approximate surface area is 120 Å². The zero-order valence-electron chi connectivity index (χ0n) is 11.3. The lowest BCUT2D eigenvalue weighted by atomic mass is 10.1. The Hall–Kier alpha value is -1.89. The normalized spacial score (nSPS) is 19.1. The summed E-state index contributed by atoms with van der Waals surface area (Å²) in [5.74, 6) is 1.16. The van der Waals surface area contributed by atoms with Crippen molar-refractivity contribution in [2.45, 2.75) is 32.2 Å². The van der Waals surface area contributed by atoms with E-state index >= 15 is 0 Å². The first-order valence-corrected chi connectivity index (χ1v) is 7.56. The number of amides is 1. The van der Waals surface area contributed by atoms with Crippen LogP contribution in [0.25, 0.3) is 10.2 Å². The van der Waals surface area contributed by atoms with E-state index < -0.39 is 0 Å². The smallest absolute Gasteiger partial charge is 0.223 e. The number of nitrogens with one attached hydrogen (secondary N) is 2. The predicted molar refractivity (Wildman–Crippen MR) is 80.9 cm³/mol. The van der Waals surface area contributed by atoms with Crippen molar-refractivity contribution in [3.8, 4) is 0 Å². The minimum absolute atomic E-state index is 0.110. The van der Waals surface area contributed by atoms with Crippen molar-refractivity contribution in [1.82, 2.24) is 15.3 Å². The molecule has 1 amide bonds. The molecule has 1 aliphatic rings. The van der Waals surface area contributed by atoms with Crippen LogP contribution in [0.3, 0.4) is 0 Å². The summed E-state index contributed by atoms with van der Waals surface area (Å²) in [5, 5.41) is 7.25. The number of nitrogen functional groups attached to an aromatic ring is 1. The predicted octanol–water partition coefficient (Wildman–Crippen LogP) is 1.53. The number of rotatable bonds is 3. The van der Waals surface area contributed by atoms with Gasteiger partial charge in [0.2, 0.25) is 11.9 Å². The lowest BCUT2D eigenvalue weighted by molar-refractivity contribution is -0.122. The van der Waals surface area contributed by atoms with Crippen LogP contribution in [0.1, 0.15) is 24.6 Å². The Kier molecular flexibility index (Phi) is 3.43. The number of nitrogens with zero attached hydrogens (tertiary/aromatic N) is 2. The van der Waals surface area contributed by atoms with Crippen LogP contribution in [0.5, 0.6) is 0 Å². The van der Waals surface area contributed by atoms with E-state index in [0.717, 1.165) is 28.9 Å². The SMILES string of the molecule is CCc1cc2c(NC3CCC(=O)NC3)nc(N)nc2s1. The van der Waals surface area contributed by atoms with E-state index in [1.54, 1.807) is 11.3 Å². The van der Waals surface area contributed by atoms with Crippen molar-refractivity contribution < 1.29 is 4.79 Å². The van der Waals surface area contributed by atoms with Crippen molar-refractivity contribution in [2.75, 3.05) is 17.6 Å². The van der Waals surface area contributed by atoms with E-state index in [1.807, 2.05) is 0 Å². The number of carbonyl (C=O) groups excluding carboxylic acids is 1. The van der Waals surface area contributed by atoms with Crippen LogP contribution in [0.2, 0.25) is 0 Å². The van der Waals surface area contributed by atoms with Gasteiger partial charge in [-0.3, -0.25) is 4.79 Å². The van der Waals surface area contributed by atoms with Gasteiger partial charge in [-0.2, -0.15) is 4.98 Å². The molecule has 0 aromatic carbocycles. The molecule has 0 bridgehead atoms. The van der Waals surface area contributed by atoms with E-state index in [4.69, 9.17) is 5.73 Å². The molecule has 0 aliphatic carbocycles. The highest BCUT2D eigenvalue weighted by Gasteiger charge is 2.19. The Bertz CT molecular complexity index is 643. The maximum Gasteiger partial charge on any atom is 0.223 e. The third-order valence-corrected chi connectivity index (χ3v) is 4.59. The Balaban J connectivity index is 1.89. The van der Waals surface area contributed by atoms with E-state index in [9.17, 15) is 4.79 Å². The first-order chi connectivity index (χ1) is 9.65. The largest absolute Gasteiger partial charge is 0.368 e. The third kappa shape index (κ3) is 2.53. The van der Waals surface area contributed by atoms with E-state index in [2.05, 4.69) is 33.6 Å². The van der Waals surface area contributed by atoms with Crippen LogP contribution >= 0.6 is 11.3 Å². The quantitative estimate of drug-likeness (QED) is 0.797. The fourth-order valence-corrected chi connectivity index (χ4v) is 3.30. The number of piperidine rings is 1. The summed E-state index contributed by atoms with van der Waals surface area (Å²) in [6.45, 7) is 2.74. The molecule has 1 fully saturated rings. The molecule has 106 valence electrons. The van der Waals surface area contributed by atoms with Crippen molar-refractivity contribution in [3.05, 3.63) is 10.9 Å². The average Bonchev–Trinajstić information content (AvgIpc) is 2.84. The van der Waals surface area contributed by atoms with Crippen molar-refractivity contribution >= 4 is 39.2 Å². The first-order valence-electron chi connectivity index (χ1n) is 6.75. The zero-order valence-corrected chi connectivity index (χ0v) is 12.1. The van der Waals surface area contributed by atoms with E-state index in [0.29, 0.717) is 13.0 Å². The molecule has 4 N–H and O–H groups in total. The topological polar surface area (TPSA) is 92.9 Å². The molecule has 0 saturated carbocycles. The summed E-state index contributed by atoms with van der Waals surface area (Å²) in [4.78, 5) is 22.0. The molecule has 20 heavy (non-hydrogen) atoms. The van der Waals surface area contributed by atoms with Crippen LogP contribution in [0.4, 0.5) is 11.8 Å². The highest BCUT2D eigenvalue weighted by Crippen LogP contribution is 2.30. The molecular weight excluding hydrogens is 274 g/mol. The van der Waals surface area contributed by atoms with E-state index in [1.165, 1.54) is 4.88 Å². The highest BCUT2D eigenvalue weighted by atomic mass is 32.1. The second-order valence-electron chi connectivity index (χ2n) is 4.90. The monoisotopic (exact) mass is 291 g/mol. The summed E-state index contributed by atoms with van der Waals surface area (Å²) in [6.07, 6.45) is 2.33. The molecule has 1 saturated heterocycles. The number of thiophene rings is 1. The minimum atomic E-state index is 0.110. The van der Waals surface area contributed by atoms with Gasteiger partial charge in [0.15, 0.2) is 0 Å². The van der Waals surface area contributed by atoms with Gasteiger partial charge in [0, 0.05) is 23.9 Å². The van der Waals surface area contributed by atoms with Crippen LogP contribution in [0, 0.1) is 0 Å². The maximum absolute atomic E-state index is 11.2. The molecule has 1 unspecified atom stereocenters. The summed E-state index contributed by atoms with van der Waals surface area (Å²) in [7, 11) is 0. The van der Waals surface area contributed by atoms with Crippen LogP contribution in [0.15, 0.2) is 6.07 Å². The average molecular weight is 291 g/mol. The highest BCUT2D eigenvalue weighted by molar-refractivity contribution is 7.18. The lowest BCUT2D eigenvalue weighted by Gasteiger charge is -2.24. The molecule has 7 heteroatoms. The molecule has 1 atom stereocenters. The standard InChI is InChI=1S/C13H17N5OS/c1-2-8-5-9-11(17-13(14)18-12(9)20-8)16-7-3-4-10(19)15-6-7/h5,7H,2-4,6H2,1H3,(H,15,19)(H3,14,16,17,18). The molecule has 1 aliphatic heterocycles. The number of fused-ring (bicyclic) bond motifs is 1. The number of aromatic nitrogens is 2. The Morgan fingerprint density at radius 2 is 2.40 bits per heavy atom. The fourth-order valence-electron chi connectivity index (χ4n) is 2.32. The van der Waals surface area contributed by atoms with Gasteiger partial charge < -0.3 is 16.4 Å². The van der Waals surface area contributed by atoms with Gasteiger partial charge in [0.05, 0.1) is 5.39 Å². The van der Waals surface area contributed by atoms with Gasteiger partial charge in [0.1, 0.15) is 10.6 Å². The molecular formula is C13H17N5OS. The zero-order chi connectivity index (χ0) is 14.1. The molecule has 2 aromatic rings.